The molecule has 1 spiro atoms. The van der Waals surface area contributed by atoms with Crippen molar-refractivity contribution < 1.29 is 14.4 Å². The van der Waals surface area contributed by atoms with Gasteiger partial charge >= 0.3 is 0 Å². The molecule has 0 bridgehead atoms. The van der Waals surface area contributed by atoms with Gasteiger partial charge in [0, 0.05) is 44.0 Å². The van der Waals surface area contributed by atoms with Crippen molar-refractivity contribution in [3.8, 4) is 0 Å². The number of nitrogens with zero attached hydrogens (tertiary/aromatic N) is 2. The number of benzene rings is 1. The molecule has 2 unspecified atom stereocenters. The van der Waals surface area contributed by atoms with Crippen molar-refractivity contribution in [2.24, 2.45) is 0 Å². The number of nitrogens with one attached hydrogen (secondary N) is 3. The number of hydrogen-bond donors (Lipinski definition) is 3. The Morgan fingerprint density at radius 3 is 2.83 bits per heavy atom. The van der Waals surface area contributed by atoms with Crippen LogP contribution in [0.2, 0.25) is 0 Å². The van der Waals surface area contributed by atoms with E-state index in [1.54, 1.807) is 30.3 Å². The maximum atomic E-state index is 12.8. The predicted molar refractivity (Wildman–Crippen MR) is 111 cm³/mol. The summed E-state index contributed by atoms with van der Waals surface area (Å²) in [4.78, 5) is 43.6. The van der Waals surface area contributed by atoms with Crippen LogP contribution in [0.1, 0.15) is 42.1 Å². The van der Waals surface area contributed by atoms with Gasteiger partial charge in [0.05, 0.1) is 5.56 Å². The molecule has 8 heteroatoms. The fourth-order valence-corrected chi connectivity index (χ4v) is 4.03. The van der Waals surface area contributed by atoms with Crippen LogP contribution in [0.15, 0.2) is 48.8 Å². The lowest BCUT2D eigenvalue weighted by molar-refractivity contribution is -0.139. The smallest absolute Gasteiger partial charge is 0.255 e. The first-order chi connectivity index (χ1) is 14.5. The van der Waals surface area contributed by atoms with Crippen LogP contribution in [-0.4, -0.2) is 45.9 Å². The van der Waals surface area contributed by atoms with Gasteiger partial charge in [0.25, 0.3) is 5.91 Å². The SMILES string of the molecule is CC(C(=O)NCc1cccnc1)N1CCC2(CCC1=O)NC(=O)c1ccccc1N2. The molecule has 1 fully saturated rings. The first-order valence-corrected chi connectivity index (χ1v) is 10.1. The second-order valence-corrected chi connectivity index (χ2v) is 7.80. The Morgan fingerprint density at radius 1 is 1.20 bits per heavy atom. The van der Waals surface area contributed by atoms with Gasteiger partial charge in [-0.15, -0.1) is 0 Å². The maximum absolute atomic E-state index is 12.8. The van der Waals surface area contributed by atoms with Crippen molar-refractivity contribution >= 4 is 23.4 Å². The molecule has 0 saturated carbocycles. The second-order valence-electron chi connectivity index (χ2n) is 7.80. The van der Waals surface area contributed by atoms with E-state index in [9.17, 15) is 14.4 Å². The number of carbonyl (C=O) groups excluding carboxylic acids is 3. The highest BCUT2D eigenvalue weighted by Gasteiger charge is 2.41. The van der Waals surface area contributed by atoms with E-state index in [0.29, 0.717) is 31.5 Å². The van der Waals surface area contributed by atoms with Crippen LogP contribution in [0.25, 0.3) is 0 Å². The van der Waals surface area contributed by atoms with Gasteiger partial charge in [0.2, 0.25) is 11.8 Å². The molecule has 156 valence electrons. The van der Waals surface area contributed by atoms with Crippen molar-refractivity contribution in [3.63, 3.8) is 0 Å². The summed E-state index contributed by atoms with van der Waals surface area (Å²) in [7, 11) is 0. The first kappa shape index (κ1) is 19.9. The normalized spacial score (nSPS) is 21.8. The molecular weight excluding hydrogens is 382 g/mol. The molecule has 2 aliphatic heterocycles. The third kappa shape index (κ3) is 3.98. The topological polar surface area (TPSA) is 103 Å². The van der Waals surface area contributed by atoms with Crippen LogP contribution >= 0.6 is 0 Å². The summed E-state index contributed by atoms with van der Waals surface area (Å²) in [5.41, 5.74) is 1.57. The monoisotopic (exact) mass is 407 g/mol. The molecule has 2 atom stereocenters. The van der Waals surface area contributed by atoms with Gasteiger partial charge in [-0.1, -0.05) is 18.2 Å². The molecule has 4 rings (SSSR count). The number of fused-ring (bicyclic) bond motifs is 1. The van der Waals surface area contributed by atoms with E-state index in [-0.39, 0.29) is 24.1 Å². The summed E-state index contributed by atoms with van der Waals surface area (Å²) in [6.07, 6.45) is 4.60. The van der Waals surface area contributed by atoms with Crippen molar-refractivity contribution in [3.05, 3.63) is 59.9 Å². The van der Waals surface area contributed by atoms with Crippen molar-refractivity contribution in [1.29, 1.82) is 0 Å². The van der Waals surface area contributed by atoms with Crippen LogP contribution < -0.4 is 16.0 Å². The lowest BCUT2D eigenvalue weighted by Gasteiger charge is -2.40. The molecule has 3 heterocycles. The minimum absolute atomic E-state index is 0.0918. The van der Waals surface area contributed by atoms with Crippen LogP contribution in [0, 0.1) is 0 Å². The standard InChI is InChI=1S/C22H25N5O3/c1-15(20(29)24-14-16-5-4-11-23-13-16)27-12-10-22(9-8-19(27)28)25-18-7-3-2-6-17(18)21(30)26-22/h2-7,11,13,15,25H,8-10,12,14H2,1H3,(H,24,29)(H,26,30). The number of para-hydroxylation sites is 1. The van der Waals surface area contributed by atoms with Gasteiger partial charge in [-0.25, -0.2) is 0 Å². The first-order valence-electron chi connectivity index (χ1n) is 10.1. The van der Waals surface area contributed by atoms with Crippen LogP contribution in [0.4, 0.5) is 5.69 Å². The average Bonchev–Trinajstić information content (AvgIpc) is 2.91. The Kier molecular flexibility index (Phi) is 5.39. The van der Waals surface area contributed by atoms with Gasteiger partial charge < -0.3 is 20.9 Å². The number of amides is 3. The molecule has 8 nitrogen and oxygen atoms in total. The number of hydrogen-bond acceptors (Lipinski definition) is 5. The number of rotatable bonds is 4. The lowest BCUT2D eigenvalue weighted by atomic mass is 9.95. The van der Waals surface area contributed by atoms with E-state index >= 15 is 0 Å². The Morgan fingerprint density at radius 2 is 2.03 bits per heavy atom. The zero-order valence-corrected chi connectivity index (χ0v) is 16.9. The Labute approximate surface area is 175 Å². The lowest BCUT2D eigenvalue weighted by Crippen LogP contribution is -2.58. The highest BCUT2D eigenvalue weighted by Crippen LogP contribution is 2.32. The molecule has 30 heavy (non-hydrogen) atoms. The Balaban J connectivity index is 1.42. The zero-order valence-electron chi connectivity index (χ0n) is 16.9. The summed E-state index contributed by atoms with van der Waals surface area (Å²) in [6.45, 7) is 2.46. The number of anilines is 1. The number of carbonyl (C=O) groups is 3. The third-order valence-corrected chi connectivity index (χ3v) is 5.80. The Hall–Kier alpha value is -3.42. The van der Waals surface area contributed by atoms with Gasteiger partial charge in [0.15, 0.2) is 0 Å². The van der Waals surface area contributed by atoms with E-state index in [1.165, 1.54) is 0 Å². The molecule has 0 aliphatic carbocycles. The maximum Gasteiger partial charge on any atom is 0.255 e. The van der Waals surface area contributed by atoms with E-state index in [2.05, 4.69) is 20.9 Å². The molecule has 3 amide bonds. The molecule has 2 aliphatic rings. The molecule has 2 aromatic rings. The number of aromatic nitrogens is 1. The van der Waals surface area contributed by atoms with E-state index in [0.717, 1.165) is 11.3 Å². The predicted octanol–water partition coefficient (Wildman–Crippen LogP) is 1.65. The van der Waals surface area contributed by atoms with Crippen molar-refractivity contribution in [2.45, 2.75) is 44.4 Å². The molecule has 0 radical (unpaired) electrons. The molecule has 1 saturated heterocycles. The summed E-state index contributed by atoms with van der Waals surface area (Å²) < 4.78 is 0. The fourth-order valence-electron chi connectivity index (χ4n) is 4.03. The molecule has 1 aromatic carbocycles. The van der Waals surface area contributed by atoms with Gasteiger partial charge in [0.1, 0.15) is 11.7 Å². The van der Waals surface area contributed by atoms with Crippen molar-refractivity contribution in [1.82, 2.24) is 20.5 Å². The highest BCUT2D eigenvalue weighted by atomic mass is 16.2. The summed E-state index contributed by atoms with van der Waals surface area (Å²) in [5, 5.41) is 9.34. The molecular formula is C22H25N5O3. The summed E-state index contributed by atoms with van der Waals surface area (Å²) in [5.74, 6) is -0.451. The number of likely N-dealkylation sites (tertiary alicyclic amines) is 1. The largest absolute Gasteiger partial charge is 0.362 e. The second kappa shape index (κ2) is 8.14. The minimum Gasteiger partial charge on any atom is -0.362 e. The molecule has 3 N–H and O–H groups in total. The van der Waals surface area contributed by atoms with Gasteiger partial charge in [-0.3, -0.25) is 19.4 Å². The third-order valence-electron chi connectivity index (χ3n) is 5.80. The Bertz CT molecular complexity index is 964. The summed E-state index contributed by atoms with van der Waals surface area (Å²) in [6, 6.07) is 10.4. The average molecular weight is 407 g/mol. The highest BCUT2D eigenvalue weighted by molar-refractivity contribution is 6.02. The van der Waals surface area contributed by atoms with Crippen LogP contribution in [-0.2, 0) is 16.1 Å². The van der Waals surface area contributed by atoms with Gasteiger partial charge in [-0.2, -0.15) is 0 Å². The number of pyridine rings is 1. The van der Waals surface area contributed by atoms with E-state index < -0.39 is 11.7 Å². The fraction of sp³-hybridized carbons (Fsp3) is 0.364. The molecule has 1 aromatic heterocycles. The van der Waals surface area contributed by atoms with Crippen molar-refractivity contribution in [2.75, 3.05) is 11.9 Å². The minimum atomic E-state index is -0.693. The van der Waals surface area contributed by atoms with Crippen LogP contribution in [0.3, 0.4) is 0 Å². The van der Waals surface area contributed by atoms with Gasteiger partial charge in [-0.05, 0) is 37.1 Å². The zero-order chi connectivity index (χ0) is 21.1. The van der Waals surface area contributed by atoms with E-state index in [4.69, 9.17) is 0 Å². The van der Waals surface area contributed by atoms with Crippen LogP contribution in [0.5, 0.6) is 0 Å². The van der Waals surface area contributed by atoms with E-state index in [1.807, 2.05) is 30.3 Å². The summed E-state index contributed by atoms with van der Waals surface area (Å²) >= 11 is 0. The quantitative estimate of drug-likeness (QED) is 0.715.